The van der Waals surface area contributed by atoms with Crippen LogP contribution in [0, 0.1) is 0 Å². The van der Waals surface area contributed by atoms with Crippen LogP contribution < -0.4 is 10.1 Å². The summed E-state index contributed by atoms with van der Waals surface area (Å²) in [6.45, 7) is 4.10. The molecule has 0 aliphatic heterocycles. The average molecular weight is 267 g/mol. The van der Waals surface area contributed by atoms with Crippen LogP contribution in [-0.4, -0.2) is 36.8 Å². The number of hydrogen-bond donors (Lipinski definition) is 1. The molecule has 2 aromatic rings. The molecular formula is C12H17N3O2S. The van der Waals surface area contributed by atoms with Crippen molar-refractivity contribution in [3.63, 3.8) is 0 Å². The molecule has 0 saturated heterocycles. The number of methoxy groups -OCH3 is 1. The van der Waals surface area contributed by atoms with E-state index >= 15 is 0 Å². The van der Waals surface area contributed by atoms with Gasteiger partial charge < -0.3 is 14.8 Å². The van der Waals surface area contributed by atoms with Gasteiger partial charge in [0.15, 0.2) is 0 Å². The molecule has 0 fully saturated rings. The normalized spacial score (nSPS) is 10.8. The van der Waals surface area contributed by atoms with Crippen molar-refractivity contribution in [1.82, 2.24) is 9.97 Å². The zero-order valence-corrected chi connectivity index (χ0v) is 11.4. The van der Waals surface area contributed by atoms with Gasteiger partial charge in [0.2, 0.25) is 11.8 Å². The Labute approximate surface area is 110 Å². The Morgan fingerprint density at radius 3 is 3.00 bits per heavy atom. The number of nitrogens with zero attached hydrogens (tertiary/aromatic N) is 2. The topological polar surface area (TPSA) is 56.3 Å². The van der Waals surface area contributed by atoms with E-state index in [0.29, 0.717) is 25.0 Å². The highest BCUT2D eigenvalue weighted by Crippen LogP contribution is 2.28. The highest BCUT2D eigenvalue weighted by molar-refractivity contribution is 7.16. The maximum Gasteiger partial charge on any atom is 0.227 e. The van der Waals surface area contributed by atoms with Crippen LogP contribution in [0.4, 0.5) is 5.95 Å². The molecule has 0 aromatic carbocycles. The molecular weight excluding hydrogens is 250 g/mol. The highest BCUT2D eigenvalue weighted by atomic mass is 32.1. The molecule has 1 N–H and O–H groups in total. The van der Waals surface area contributed by atoms with Crippen molar-refractivity contribution in [1.29, 1.82) is 0 Å². The fourth-order valence-corrected chi connectivity index (χ4v) is 2.30. The Bertz CT molecular complexity index is 501. The van der Waals surface area contributed by atoms with Crippen molar-refractivity contribution in [2.24, 2.45) is 0 Å². The lowest BCUT2D eigenvalue weighted by molar-refractivity contribution is 0.171. The molecule has 0 spiro atoms. The second-order valence-electron chi connectivity index (χ2n) is 3.72. The van der Waals surface area contributed by atoms with E-state index in [0.717, 1.165) is 23.2 Å². The summed E-state index contributed by atoms with van der Waals surface area (Å²) in [6.07, 6.45) is 0.850. The summed E-state index contributed by atoms with van der Waals surface area (Å²) in [5, 5.41) is 6.08. The number of nitrogens with one attached hydrogen (secondary N) is 1. The highest BCUT2D eigenvalue weighted by Gasteiger charge is 2.09. The van der Waals surface area contributed by atoms with Gasteiger partial charge in [-0.3, -0.25) is 0 Å². The maximum absolute atomic E-state index is 5.70. The van der Waals surface area contributed by atoms with Gasteiger partial charge in [0, 0.05) is 26.7 Å². The minimum absolute atomic E-state index is 0.599. The van der Waals surface area contributed by atoms with Gasteiger partial charge in [-0.2, -0.15) is 4.98 Å². The summed E-state index contributed by atoms with van der Waals surface area (Å²) in [6, 6.07) is 1.99. The largest absolute Gasteiger partial charge is 0.477 e. The zero-order chi connectivity index (χ0) is 12.8. The SMILES string of the molecule is CCNc1nc(OCCCOC)c2ccsc2n1. The predicted molar refractivity (Wildman–Crippen MR) is 73.6 cm³/mol. The van der Waals surface area contributed by atoms with Gasteiger partial charge in [-0.05, 0) is 18.4 Å². The van der Waals surface area contributed by atoms with E-state index in [4.69, 9.17) is 9.47 Å². The lowest BCUT2D eigenvalue weighted by Crippen LogP contribution is -2.06. The van der Waals surface area contributed by atoms with Gasteiger partial charge in [-0.1, -0.05) is 0 Å². The molecule has 2 heterocycles. The van der Waals surface area contributed by atoms with E-state index in [-0.39, 0.29) is 0 Å². The van der Waals surface area contributed by atoms with Crippen LogP contribution >= 0.6 is 11.3 Å². The summed E-state index contributed by atoms with van der Waals surface area (Å²) >= 11 is 1.59. The van der Waals surface area contributed by atoms with Gasteiger partial charge in [-0.25, -0.2) is 4.98 Å². The molecule has 6 heteroatoms. The van der Waals surface area contributed by atoms with Crippen molar-refractivity contribution >= 4 is 27.5 Å². The van der Waals surface area contributed by atoms with Gasteiger partial charge in [0.05, 0.1) is 12.0 Å². The number of hydrogen-bond acceptors (Lipinski definition) is 6. The number of fused-ring (bicyclic) bond motifs is 1. The van der Waals surface area contributed by atoms with Gasteiger partial charge in [-0.15, -0.1) is 11.3 Å². The molecule has 0 atom stereocenters. The van der Waals surface area contributed by atoms with E-state index < -0.39 is 0 Å². The first kappa shape index (κ1) is 13.0. The second-order valence-corrected chi connectivity index (χ2v) is 4.61. The average Bonchev–Trinajstić information content (AvgIpc) is 2.83. The molecule has 0 radical (unpaired) electrons. The Morgan fingerprint density at radius 1 is 1.33 bits per heavy atom. The minimum Gasteiger partial charge on any atom is -0.477 e. The summed E-state index contributed by atoms with van der Waals surface area (Å²) in [7, 11) is 1.69. The van der Waals surface area contributed by atoms with Gasteiger partial charge in [0.1, 0.15) is 4.83 Å². The van der Waals surface area contributed by atoms with E-state index in [1.54, 1.807) is 18.4 Å². The molecule has 18 heavy (non-hydrogen) atoms. The molecule has 2 rings (SSSR count). The van der Waals surface area contributed by atoms with Crippen molar-refractivity contribution in [3.8, 4) is 5.88 Å². The van der Waals surface area contributed by atoms with Gasteiger partial charge in [0.25, 0.3) is 0 Å². The summed E-state index contributed by atoms with van der Waals surface area (Å²) < 4.78 is 10.7. The Hall–Kier alpha value is -1.40. The van der Waals surface area contributed by atoms with Crippen LogP contribution in [0.5, 0.6) is 5.88 Å². The van der Waals surface area contributed by atoms with Crippen LogP contribution in [-0.2, 0) is 4.74 Å². The van der Waals surface area contributed by atoms with Crippen molar-refractivity contribution < 1.29 is 9.47 Å². The fraction of sp³-hybridized carbons (Fsp3) is 0.500. The zero-order valence-electron chi connectivity index (χ0n) is 10.6. The lowest BCUT2D eigenvalue weighted by atomic mass is 10.4. The molecule has 98 valence electrons. The monoisotopic (exact) mass is 267 g/mol. The summed E-state index contributed by atoms with van der Waals surface area (Å²) in [5.41, 5.74) is 0. The Balaban J connectivity index is 2.15. The van der Waals surface area contributed by atoms with Gasteiger partial charge >= 0.3 is 0 Å². The van der Waals surface area contributed by atoms with Crippen molar-refractivity contribution in [2.45, 2.75) is 13.3 Å². The summed E-state index contributed by atoms with van der Waals surface area (Å²) in [4.78, 5) is 9.75. The number of ether oxygens (including phenoxy) is 2. The van der Waals surface area contributed by atoms with Crippen LogP contribution in [0.2, 0.25) is 0 Å². The fourth-order valence-electron chi connectivity index (χ4n) is 1.55. The molecule has 0 aliphatic rings. The van der Waals surface area contributed by atoms with E-state index in [1.807, 2.05) is 18.4 Å². The quantitative estimate of drug-likeness (QED) is 0.781. The van der Waals surface area contributed by atoms with Crippen molar-refractivity contribution in [3.05, 3.63) is 11.4 Å². The van der Waals surface area contributed by atoms with Crippen LogP contribution in [0.15, 0.2) is 11.4 Å². The third kappa shape index (κ3) is 3.08. The second kappa shape index (κ2) is 6.51. The van der Waals surface area contributed by atoms with E-state index in [9.17, 15) is 0 Å². The molecule has 0 amide bonds. The number of aromatic nitrogens is 2. The standard InChI is InChI=1S/C12H17N3O2S/c1-3-13-12-14-10(17-7-4-6-16-2)9-5-8-18-11(9)15-12/h5,8H,3-4,6-7H2,1-2H3,(H,13,14,15). The third-order valence-electron chi connectivity index (χ3n) is 2.36. The maximum atomic E-state index is 5.70. The van der Waals surface area contributed by atoms with Crippen LogP contribution in [0.25, 0.3) is 10.2 Å². The molecule has 0 unspecified atom stereocenters. The third-order valence-corrected chi connectivity index (χ3v) is 3.16. The molecule has 0 bridgehead atoms. The van der Waals surface area contributed by atoms with Crippen LogP contribution in [0.1, 0.15) is 13.3 Å². The van der Waals surface area contributed by atoms with Crippen molar-refractivity contribution in [2.75, 3.05) is 32.2 Å². The smallest absolute Gasteiger partial charge is 0.227 e. The molecule has 2 aromatic heterocycles. The first-order valence-corrected chi connectivity index (χ1v) is 6.84. The Kier molecular flexibility index (Phi) is 4.72. The predicted octanol–water partition coefficient (Wildman–Crippen LogP) is 2.54. The lowest BCUT2D eigenvalue weighted by Gasteiger charge is -2.08. The number of thiophene rings is 1. The number of anilines is 1. The van der Waals surface area contributed by atoms with E-state index in [1.165, 1.54) is 0 Å². The Morgan fingerprint density at radius 2 is 2.22 bits per heavy atom. The first-order valence-electron chi connectivity index (χ1n) is 5.96. The van der Waals surface area contributed by atoms with E-state index in [2.05, 4.69) is 15.3 Å². The number of rotatable bonds is 7. The van der Waals surface area contributed by atoms with Crippen LogP contribution in [0.3, 0.4) is 0 Å². The molecule has 0 aliphatic carbocycles. The summed E-state index contributed by atoms with van der Waals surface area (Å²) in [5.74, 6) is 1.27. The molecule has 5 nitrogen and oxygen atoms in total. The minimum atomic E-state index is 0.599. The first-order chi connectivity index (χ1) is 8.85. The molecule has 0 saturated carbocycles.